The minimum absolute atomic E-state index is 0.658. The van der Waals surface area contributed by atoms with Gasteiger partial charge >= 0.3 is 0 Å². The molecule has 2 rings (SSSR count). The predicted molar refractivity (Wildman–Crippen MR) is 51.2 cm³/mol. The standard InChI is InChI=1S/C11H8N2/c1-8-4-5-13-11-6-9(7-12)2-3-10(8)11/h2-6H,1H3. The molecule has 2 heteroatoms. The number of hydrogen-bond donors (Lipinski definition) is 0. The van der Waals surface area contributed by atoms with E-state index in [1.54, 1.807) is 6.20 Å². The highest BCUT2D eigenvalue weighted by Crippen LogP contribution is 2.16. The van der Waals surface area contributed by atoms with Crippen LogP contribution in [0, 0.1) is 18.3 Å². The van der Waals surface area contributed by atoms with Crippen molar-refractivity contribution in [2.24, 2.45) is 0 Å². The van der Waals surface area contributed by atoms with Crippen LogP contribution in [0.15, 0.2) is 30.5 Å². The number of fused-ring (bicyclic) bond motifs is 1. The molecule has 0 aliphatic rings. The van der Waals surface area contributed by atoms with Crippen molar-refractivity contribution in [3.05, 3.63) is 41.6 Å². The number of hydrogen-bond acceptors (Lipinski definition) is 2. The first-order chi connectivity index (χ1) is 6.31. The average Bonchev–Trinajstić information content (AvgIpc) is 2.18. The van der Waals surface area contributed by atoms with Crippen molar-refractivity contribution < 1.29 is 0 Å². The molecule has 0 aliphatic heterocycles. The fourth-order valence-corrected chi connectivity index (χ4v) is 1.36. The van der Waals surface area contributed by atoms with Crippen molar-refractivity contribution in [1.82, 2.24) is 4.98 Å². The molecule has 13 heavy (non-hydrogen) atoms. The maximum atomic E-state index is 8.69. The van der Waals surface area contributed by atoms with Crippen molar-refractivity contribution in [3.8, 4) is 6.07 Å². The molecule has 0 bridgehead atoms. The molecule has 0 radical (unpaired) electrons. The van der Waals surface area contributed by atoms with Gasteiger partial charge in [0.15, 0.2) is 0 Å². The number of pyridine rings is 1. The molecule has 1 aromatic carbocycles. The zero-order chi connectivity index (χ0) is 9.26. The molecule has 1 aromatic heterocycles. The lowest BCUT2D eigenvalue weighted by atomic mass is 10.1. The minimum Gasteiger partial charge on any atom is -0.256 e. The van der Waals surface area contributed by atoms with Gasteiger partial charge in [0.25, 0.3) is 0 Å². The molecule has 0 atom stereocenters. The van der Waals surface area contributed by atoms with Crippen molar-refractivity contribution >= 4 is 10.9 Å². The SMILES string of the molecule is Cc1ccnc2cc(C#N)ccc12. The van der Waals surface area contributed by atoms with Gasteiger partial charge in [-0.1, -0.05) is 6.07 Å². The second kappa shape index (κ2) is 2.87. The van der Waals surface area contributed by atoms with Crippen molar-refractivity contribution in [1.29, 1.82) is 5.26 Å². The van der Waals surface area contributed by atoms with E-state index in [1.807, 2.05) is 31.2 Å². The van der Waals surface area contributed by atoms with Crippen LogP contribution in [-0.2, 0) is 0 Å². The topological polar surface area (TPSA) is 36.7 Å². The Labute approximate surface area is 76.5 Å². The summed E-state index contributed by atoms with van der Waals surface area (Å²) in [6.07, 6.45) is 1.76. The van der Waals surface area contributed by atoms with Crippen LogP contribution in [0.5, 0.6) is 0 Å². The highest BCUT2D eigenvalue weighted by molar-refractivity contribution is 5.82. The van der Waals surface area contributed by atoms with E-state index in [9.17, 15) is 0 Å². The second-order valence-corrected chi connectivity index (χ2v) is 2.97. The van der Waals surface area contributed by atoms with Crippen molar-refractivity contribution in [3.63, 3.8) is 0 Å². The molecule has 0 N–H and O–H groups in total. The summed E-state index contributed by atoms with van der Waals surface area (Å²) in [7, 11) is 0. The Balaban J connectivity index is 2.82. The molecule has 2 aromatic rings. The van der Waals surface area contributed by atoms with Crippen LogP contribution in [0.25, 0.3) is 10.9 Å². The molecule has 0 saturated carbocycles. The van der Waals surface area contributed by atoms with Crippen LogP contribution >= 0.6 is 0 Å². The highest BCUT2D eigenvalue weighted by Gasteiger charge is 1.98. The zero-order valence-corrected chi connectivity index (χ0v) is 7.28. The van der Waals surface area contributed by atoms with E-state index >= 15 is 0 Å². The van der Waals surface area contributed by atoms with Gasteiger partial charge in [-0.05, 0) is 30.7 Å². The van der Waals surface area contributed by atoms with Crippen LogP contribution in [0.3, 0.4) is 0 Å². The lowest BCUT2D eigenvalue weighted by Crippen LogP contribution is -1.83. The monoisotopic (exact) mass is 168 g/mol. The van der Waals surface area contributed by atoms with Crippen molar-refractivity contribution in [2.45, 2.75) is 6.92 Å². The number of nitrogens with zero attached hydrogens (tertiary/aromatic N) is 2. The lowest BCUT2D eigenvalue weighted by Gasteiger charge is -1.99. The second-order valence-electron chi connectivity index (χ2n) is 2.97. The van der Waals surface area contributed by atoms with Gasteiger partial charge in [-0.25, -0.2) is 0 Å². The summed E-state index contributed by atoms with van der Waals surface area (Å²) in [6, 6.07) is 9.63. The summed E-state index contributed by atoms with van der Waals surface area (Å²) in [5.74, 6) is 0. The van der Waals surface area contributed by atoms with E-state index in [0.29, 0.717) is 5.56 Å². The third-order valence-electron chi connectivity index (χ3n) is 2.09. The fourth-order valence-electron chi connectivity index (χ4n) is 1.36. The maximum Gasteiger partial charge on any atom is 0.0992 e. The largest absolute Gasteiger partial charge is 0.256 e. The van der Waals surface area contributed by atoms with E-state index in [4.69, 9.17) is 5.26 Å². The summed E-state index contributed by atoms with van der Waals surface area (Å²) in [5, 5.41) is 9.80. The van der Waals surface area contributed by atoms with Gasteiger partial charge < -0.3 is 0 Å². The van der Waals surface area contributed by atoms with E-state index in [1.165, 1.54) is 5.56 Å². The molecule has 0 unspecified atom stereocenters. The molecule has 62 valence electrons. The molecule has 1 heterocycles. The average molecular weight is 168 g/mol. The number of aryl methyl sites for hydroxylation is 1. The number of nitriles is 1. The number of aromatic nitrogens is 1. The van der Waals surface area contributed by atoms with Crippen LogP contribution in [0.4, 0.5) is 0 Å². The predicted octanol–water partition coefficient (Wildman–Crippen LogP) is 2.41. The normalized spacial score (nSPS) is 9.85. The minimum atomic E-state index is 0.658. The quantitative estimate of drug-likeness (QED) is 0.605. The lowest BCUT2D eigenvalue weighted by molar-refractivity contribution is 1.36. The fraction of sp³-hybridized carbons (Fsp3) is 0.0909. The van der Waals surface area contributed by atoms with Gasteiger partial charge in [0.2, 0.25) is 0 Å². The first-order valence-corrected chi connectivity index (χ1v) is 4.07. The van der Waals surface area contributed by atoms with Crippen molar-refractivity contribution in [2.75, 3.05) is 0 Å². The summed E-state index contributed by atoms with van der Waals surface area (Å²) in [6.45, 7) is 2.04. The Morgan fingerprint density at radius 1 is 1.31 bits per heavy atom. The van der Waals surface area contributed by atoms with Gasteiger partial charge in [0.1, 0.15) is 0 Å². The first-order valence-electron chi connectivity index (χ1n) is 4.07. The Bertz CT molecular complexity index is 495. The first kappa shape index (κ1) is 7.75. The van der Waals surface area contributed by atoms with E-state index in [-0.39, 0.29) is 0 Å². The van der Waals surface area contributed by atoms with Gasteiger partial charge in [-0.15, -0.1) is 0 Å². The Hall–Kier alpha value is -1.88. The molecule has 0 fully saturated rings. The molecule has 0 saturated heterocycles. The molecule has 0 spiro atoms. The zero-order valence-electron chi connectivity index (χ0n) is 7.28. The third kappa shape index (κ3) is 1.25. The van der Waals surface area contributed by atoms with Gasteiger partial charge in [0, 0.05) is 11.6 Å². The number of rotatable bonds is 0. The van der Waals surface area contributed by atoms with Gasteiger partial charge in [-0.3, -0.25) is 4.98 Å². The van der Waals surface area contributed by atoms with Crippen LogP contribution < -0.4 is 0 Å². The van der Waals surface area contributed by atoms with E-state index in [2.05, 4.69) is 11.1 Å². The molecule has 0 aliphatic carbocycles. The number of benzene rings is 1. The molecular weight excluding hydrogens is 160 g/mol. The summed E-state index contributed by atoms with van der Waals surface area (Å²) < 4.78 is 0. The molecule has 0 amide bonds. The summed E-state index contributed by atoms with van der Waals surface area (Å²) in [5.41, 5.74) is 2.74. The Kier molecular flexibility index (Phi) is 1.71. The molecule has 2 nitrogen and oxygen atoms in total. The van der Waals surface area contributed by atoms with Gasteiger partial charge in [-0.2, -0.15) is 5.26 Å². The van der Waals surface area contributed by atoms with Gasteiger partial charge in [0.05, 0.1) is 17.1 Å². The smallest absolute Gasteiger partial charge is 0.0992 e. The highest BCUT2D eigenvalue weighted by atomic mass is 14.6. The van der Waals surface area contributed by atoms with Crippen LogP contribution in [0.1, 0.15) is 11.1 Å². The van der Waals surface area contributed by atoms with E-state index in [0.717, 1.165) is 10.9 Å². The van der Waals surface area contributed by atoms with Crippen LogP contribution in [0.2, 0.25) is 0 Å². The Morgan fingerprint density at radius 3 is 2.92 bits per heavy atom. The Morgan fingerprint density at radius 2 is 2.15 bits per heavy atom. The third-order valence-corrected chi connectivity index (χ3v) is 2.09. The summed E-state index contributed by atoms with van der Waals surface area (Å²) >= 11 is 0. The van der Waals surface area contributed by atoms with Crippen LogP contribution in [-0.4, -0.2) is 4.98 Å². The van der Waals surface area contributed by atoms with E-state index < -0.39 is 0 Å². The summed E-state index contributed by atoms with van der Waals surface area (Å²) in [4.78, 5) is 4.20. The maximum absolute atomic E-state index is 8.69. The molecular formula is C11H8N2.